The van der Waals surface area contributed by atoms with Gasteiger partial charge in [-0.3, -0.25) is 0 Å². The lowest BCUT2D eigenvalue weighted by Crippen LogP contribution is -2.47. The number of rotatable bonds is 4. The topological polar surface area (TPSA) is 41.6 Å². The highest BCUT2D eigenvalue weighted by Gasteiger charge is 2.29. The molecule has 0 bridgehead atoms. The molecule has 6 heteroatoms. The molecule has 1 heterocycles. The smallest absolute Gasteiger partial charge is 0.410 e. The van der Waals surface area contributed by atoms with Crippen molar-refractivity contribution < 1.29 is 13.9 Å². The van der Waals surface area contributed by atoms with E-state index < -0.39 is 11.4 Å². The van der Waals surface area contributed by atoms with Gasteiger partial charge >= 0.3 is 6.09 Å². The molecule has 0 spiro atoms. The minimum Gasteiger partial charge on any atom is -0.444 e. The number of benzene rings is 1. The van der Waals surface area contributed by atoms with E-state index in [9.17, 15) is 9.18 Å². The van der Waals surface area contributed by atoms with E-state index in [4.69, 9.17) is 16.3 Å². The summed E-state index contributed by atoms with van der Waals surface area (Å²) in [6.45, 7) is 9.80. The molecule has 1 aromatic rings. The van der Waals surface area contributed by atoms with Crippen LogP contribution in [0, 0.1) is 11.7 Å². The van der Waals surface area contributed by atoms with Gasteiger partial charge in [-0.25, -0.2) is 9.18 Å². The Morgan fingerprint density at radius 1 is 1.48 bits per heavy atom. The molecular formula is C19H28ClFN2O2. The van der Waals surface area contributed by atoms with Gasteiger partial charge in [-0.05, 0) is 64.2 Å². The number of hydrogen-bond acceptors (Lipinski definition) is 3. The van der Waals surface area contributed by atoms with Crippen molar-refractivity contribution in [2.45, 2.75) is 58.7 Å². The Labute approximate surface area is 154 Å². The Bertz CT molecular complexity index is 604. The predicted molar refractivity (Wildman–Crippen MR) is 98.2 cm³/mol. The Balaban J connectivity index is 1.87. The van der Waals surface area contributed by atoms with Crippen LogP contribution in [0.15, 0.2) is 18.2 Å². The van der Waals surface area contributed by atoms with Gasteiger partial charge in [0.1, 0.15) is 11.4 Å². The molecule has 1 amide bonds. The molecule has 1 aromatic carbocycles. The van der Waals surface area contributed by atoms with E-state index in [2.05, 4.69) is 12.2 Å². The third-order valence-corrected chi connectivity index (χ3v) is 4.72. The summed E-state index contributed by atoms with van der Waals surface area (Å²) < 4.78 is 18.7. The highest BCUT2D eigenvalue weighted by Crippen LogP contribution is 2.22. The second kappa shape index (κ2) is 8.37. The first-order valence-corrected chi connectivity index (χ1v) is 9.19. The number of halogens is 2. The van der Waals surface area contributed by atoms with Crippen LogP contribution in [-0.2, 0) is 11.3 Å². The summed E-state index contributed by atoms with van der Waals surface area (Å²) in [4.78, 5) is 14.1. The van der Waals surface area contributed by atoms with E-state index >= 15 is 0 Å². The van der Waals surface area contributed by atoms with Gasteiger partial charge in [-0.15, -0.1) is 0 Å². The number of piperidine rings is 1. The van der Waals surface area contributed by atoms with Gasteiger partial charge < -0.3 is 15.0 Å². The Morgan fingerprint density at radius 3 is 2.84 bits per heavy atom. The number of amides is 1. The molecule has 0 aromatic heterocycles. The normalized spacial score (nSPS) is 19.6. The SMILES string of the molecule is CC(NCc1ccc(F)c(Cl)c1)C1CCCN(C(=O)OC(C)(C)C)C1. The lowest BCUT2D eigenvalue weighted by Gasteiger charge is -2.36. The lowest BCUT2D eigenvalue weighted by molar-refractivity contribution is 0.0148. The van der Waals surface area contributed by atoms with Crippen molar-refractivity contribution in [3.63, 3.8) is 0 Å². The van der Waals surface area contributed by atoms with Gasteiger partial charge in [-0.2, -0.15) is 0 Å². The zero-order valence-corrected chi connectivity index (χ0v) is 16.2. The fraction of sp³-hybridized carbons (Fsp3) is 0.632. The third-order valence-electron chi connectivity index (χ3n) is 4.43. The maximum atomic E-state index is 13.2. The maximum absolute atomic E-state index is 13.2. The van der Waals surface area contributed by atoms with Crippen LogP contribution in [0.1, 0.15) is 46.1 Å². The van der Waals surface area contributed by atoms with Crippen molar-refractivity contribution >= 4 is 17.7 Å². The molecule has 0 saturated carbocycles. The number of carbonyl (C=O) groups is 1. The standard InChI is InChI=1S/C19H28ClFN2O2/c1-13(22-11-14-7-8-17(21)16(20)10-14)15-6-5-9-23(12-15)18(24)25-19(2,3)4/h7-8,10,13,15,22H,5-6,9,11-12H2,1-4H3. The van der Waals surface area contributed by atoms with E-state index in [0.29, 0.717) is 19.0 Å². The first-order chi connectivity index (χ1) is 11.7. The summed E-state index contributed by atoms with van der Waals surface area (Å²) in [5.41, 5.74) is 0.466. The molecule has 1 aliphatic heterocycles. The summed E-state index contributed by atoms with van der Waals surface area (Å²) in [6, 6.07) is 4.99. The van der Waals surface area contributed by atoms with Crippen LogP contribution in [0.2, 0.25) is 5.02 Å². The van der Waals surface area contributed by atoms with Gasteiger partial charge in [0.05, 0.1) is 5.02 Å². The fourth-order valence-corrected chi connectivity index (χ4v) is 3.21. The van der Waals surface area contributed by atoms with E-state index in [0.717, 1.165) is 24.9 Å². The minimum absolute atomic E-state index is 0.140. The second-order valence-electron chi connectivity index (χ2n) is 7.75. The molecular weight excluding hydrogens is 343 g/mol. The van der Waals surface area contributed by atoms with Crippen molar-refractivity contribution in [1.29, 1.82) is 0 Å². The largest absolute Gasteiger partial charge is 0.444 e. The Kier molecular flexibility index (Phi) is 6.69. The van der Waals surface area contributed by atoms with Crippen LogP contribution >= 0.6 is 11.6 Å². The van der Waals surface area contributed by atoms with E-state index in [1.165, 1.54) is 6.07 Å². The highest BCUT2D eigenvalue weighted by molar-refractivity contribution is 6.30. The molecule has 4 nitrogen and oxygen atoms in total. The first kappa shape index (κ1) is 20.0. The summed E-state index contributed by atoms with van der Waals surface area (Å²) in [7, 11) is 0. The van der Waals surface area contributed by atoms with Crippen molar-refractivity contribution in [1.82, 2.24) is 10.2 Å². The molecule has 1 saturated heterocycles. The summed E-state index contributed by atoms with van der Waals surface area (Å²) >= 11 is 5.82. The molecule has 25 heavy (non-hydrogen) atoms. The van der Waals surface area contributed by atoms with Gasteiger partial charge in [0, 0.05) is 25.7 Å². The van der Waals surface area contributed by atoms with Crippen molar-refractivity contribution in [2.75, 3.05) is 13.1 Å². The number of nitrogens with one attached hydrogen (secondary N) is 1. The molecule has 1 fully saturated rings. The number of carbonyl (C=O) groups excluding carboxylic acids is 1. The van der Waals surface area contributed by atoms with Gasteiger partial charge in [0.2, 0.25) is 0 Å². The molecule has 0 aliphatic carbocycles. The van der Waals surface area contributed by atoms with Crippen LogP contribution in [0.3, 0.4) is 0 Å². The zero-order valence-electron chi connectivity index (χ0n) is 15.4. The lowest BCUT2D eigenvalue weighted by atomic mass is 9.91. The van der Waals surface area contributed by atoms with Crippen LogP contribution in [0.25, 0.3) is 0 Å². The van der Waals surface area contributed by atoms with Crippen molar-refractivity contribution in [3.8, 4) is 0 Å². The van der Waals surface area contributed by atoms with Crippen LogP contribution in [-0.4, -0.2) is 35.7 Å². The quantitative estimate of drug-likeness (QED) is 0.841. The predicted octanol–water partition coefficient (Wildman–Crippen LogP) is 4.60. The minimum atomic E-state index is -0.476. The van der Waals surface area contributed by atoms with Crippen LogP contribution in [0.5, 0.6) is 0 Å². The monoisotopic (exact) mass is 370 g/mol. The molecule has 1 N–H and O–H groups in total. The second-order valence-corrected chi connectivity index (χ2v) is 8.15. The van der Waals surface area contributed by atoms with Crippen LogP contribution in [0.4, 0.5) is 9.18 Å². The number of likely N-dealkylation sites (tertiary alicyclic amines) is 1. The van der Waals surface area contributed by atoms with Gasteiger partial charge in [-0.1, -0.05) is 17.7 Å². The fourth-order valence-electron chi connectivity index (χ4n) is 3.01. The van der Waals surface area contributed by atoms with E-state index in [-0.39, 0.29) is 17.2 Å². The maximum Gasteiger partial charge on any atom is 0.410 e. The Hall–Kier alpha value is -1.33. The molecule has 2 atom stereocenters. The van der Waals surface area contributed by atoms with Crippen molar-refractivity contribution in [3.05, 3.63) is 34.6 Å². The summed E-state index contributed by atoms with van der Waals surface area (Å²) in [5, 5.41) is 3.60. The van der Waals surface area contributed by atoms with E-state index in [1.54, 1.807) is 17.0 Å². The first-order valence-electron chi connectivity index (χ1n) is 8.81. The highest BCUT2D eigenvalue weighted by atomic mass is 35.5. The average Bonchev–Trinajstić information content (AvgIpc) is 2.54. The molecule has 2 rings (SSSR count). The molecule has 1 aliphatic rings. The molecule has 2 unspecified atom stereocenters. The summed E-state index contributed by atoms with van der Waals surface area (Å²) in [6.07, 6.45) is 1.80. The Morgan fingerprint density at radius 2 is 2.20 bits per heavy atom. The molecule has 0 radical (unpaired) electrons. The van der Waals surface area contributed by atoms with Gasteiger partial charge in [0.25, 0.3) is 0 Å². The van der Waals surface area contributed by atoms with Crippen molar-refractivity contribution in [2.24, 2.45) is 5.92 Å². The van der Waals surface area contributed by atoms with Crippen LogP contribution < -0.4 is 5.32 Å². The number of ether oxygens (including phenoxy) is 1. The third kappa shape index (κ3) is 6.15. The summed E-state index contributed by atoms with van der Waals surface area (Å²) in [5.74, 6) is -0.0454. The zero-order chi connectivity index (χ0) is 18.6. The average molecular weight is 371 g/mol. The molecule has 140 valence electrons. The van der Waals surface area contributed by atoms with Gasteiger partial charge in [0.15, 0.2) is 0 Å². The number of nitrogens with zero attached hydrogens (tertiary/aromatic N) is 1. The number of hydrogen-bond donors (Lipinski definition) is 1. The van der Waals surface area contributed by atoms with E-state index in [1.807, 2.05) is 20.8 Å².